The lowest BCUT2D eigenvalue weighted by atomic mass is 9.95. The van der Waals surface area contributed by atoms with Crippen LogP contribution in [0.2, 0.25) is 18.1 Å². The summed E-state index contributed by atoms with van der Waals surface area (Å²) in [5.41, 5.74) is 2.10. The fraction of sp³-hybridized carbons (Fsp3) is 0.548. The second-order valence-electron chi connectivity index (χ2n) is 13.1. The maximum Gasteiger partial charge on any atom is 0.407 e. The van der Waals surface area contributed by atoms with Crippen LogP contribution in [0, 0.1) is 0 Å². The monoisotopic (exact) mass is 646 g/mol. The predicted octanol–water partition coefficient (Wildman–Crippen LogP) is 7.35. The zero-order chi connectivity index (χ0) is 31.7. The Bertz CT molecular complexity index is 1260. The minimum Gasteiger partial charge on any atom is -0.444 e. The highest BCUT2D eigenvalue weighted by Crippen LogP contribution is 2.38. The first kappa shape index (κ1) is 34.7. The molecule has 0 spiro atoms. The van der Waals surface area contributed by atoms with Crippen molar-refractivity contribution >= 4 is 43.2 Å². The number of rotatable bonds is 13. The first-order chi connectivity index (χ1) is 20.1. The molecule has 3 atom stereocenters. The molecule has 9 nitrogen and oxygen atoms in total. The zero-order valence-corrected chi connectivity index (χ0v) is 29.1. The summed E-state index contributed by atoms with van der Waals surface area (Å²) in [6.07, 6.45) is 3.41. The molecule has 0 radical (unpaired) electrons. The van der Waals surface area contributed by atoms with Gasteiger partial charge in [0.2, 0.25) is 0 Å². The molecule has 0 saturated heterocycles. The molecule has 2 aromatic heterocycles. The minimum absolute atomic E-state index is 0.0830. The smallest absolute Gasteiger partial charge is 0.407 e. The van der Waals surface area contributed by atoms with Crippen molar-refractivity contribution in [2.45, 2.75) is 109 Å². The normalized spacial score (nSPS) is 14.4. The largest absolute Gasteiger partial charge is 0.444 e. The van der Waals surface area contributed by atoms with Gasteiger partial charge in [-0.3, -0.25) is 4.98 Å². The van der Waals surface area contributed by atoms with E-state index in [1.807, 2.05) is 56.5 Å². The summed E-state index contributed by atoms with van der Waals surface area (Å²) >= 11 is 2.96. The second-order valence-corrected chi connectivity index (χ2v) is 19.8. The molecule has 0 unspecified atom stereocenters. The molecule has 0 bridgehead atoms. The Balaban J connectivity index is 1.93. The molecule has 0 aliphatic rings. The van der Waals surface area contributed by atoms with Crippen LogP contribution in [-0.2, 0) is 33.3 Å². The van der Waals surface area contributed by atoms with Crippen molar-refractivity contribution in [3.05, 3.63) is 69.1 Å². The maximum atomic E-state index is 13.2. The predicted molar refractivity (Wildman–Crippen MR) is 175 cm³/mol. The number of nitrogens with zero attached hydrogens (tertiary/aromatic N) is 2. The van der Waals surface area contributed by atoms with Gasteiger partial charge >= 0.3 is 12.2 Å². The third-order valence-electron chi connectivity index (χ3n) is 7.27. The number of ether oxygens (including phenoxy) is 2. The van der Waals surface area contributed by atoms with Crippen molar-refractivity contribution in [3.8, 4) is 0 Å². The quantitative estimate of drug-likeness (QED) is 0.187. The fourth-order valence-electron chi connectivity index (χ4n) is 4.15. The molecule has 3 aromatic rings. The summed E-state index contributed by atoms with van der Waals surface area (Å²) in [6.45, 7) is 16.6. The molecule has 1 aromatic carbocycles. The third-order valence-corrected chi connectivity index (χ3v) is 13.3. The van der Waals surface area contributed by atoms with Gasteiger partial charge in [0.05, 0.1) is 27.5 Å². The van der Waals surface area contributed by atoms with Gasteiger partial charge in [-0.25, -0.2) is 14.6 Å². The standard InChI is InChI=1S/C31H46N4O5S2Si/c1-30(2,3)39-29(37)35-25(16-22-12-10-9-11-13-22)26(40-43(7,8)31(4,5)6)17-23(18-27-33-14-15-41-27)34-28(36)38-20-24-19-32-21-42-24/h9-15,19,21,23,25-26H,16-18,20H2,1-8H3,(H,34,36)(H,35,37)/t23-,25-,26-/m0/s1. The number of carbonyl (C=O) groups is 2. The molecule has 2 N–H and O–H groups in total. The summed E-state index contributed by atoms with van der Waals surface area (Å²) in [4.78, 5) is 35.5. The molecule has 3 rings (SSSR count). The van der Waals surface area contributed by atoms with Gasteiger partial charge in [0.25, 0.3) is 0 Å². The van der Waals surface area contributed by atoms with Crippen molar-refractivity contribution in [3.63, 3.8) is 0 Å². The first-order valence-corrected chi connectivity index (χ1v) is 19.2. The number of alkyl carbamates (subject to hydrolysis) is 2. The Kier molecular flexibility index (Phi) is 12.3. The summed E-state index contributed by atoms with van der Waals surface area (Å²) in [5, 5.41) is 8.92. The molecule has 0 aliphatic heterocycles. The highest BCUT2D eigenvalue weighted by Gasteiger charge is 2.42. The van der Waals surface area contributed by atoms with Crippen molar-refractivity contribution in [2.75, 3.05) is 0 Å². The average Bonchev–Trinajstić information content (AvgIpc) is 3.60. The first-order valence-electron chi connectivity index (χ1n) is 14.5. The summed E-state index contributed by atoms with van der Waals surface area (Å²) in [6, 6.07) is 9.21. The van der Waals surface area contributed by atoms with E-state index in [1.165, 1.54) is 22.7 Å². The zero-order valence-electron chi connectivity index (χ0n) is 26.5. The lowest BCUT2D eigenvalue weighted by Gasteiger charge is -2.42. The SMILES string of the molecule is CC(C)(C)OC(=O)N[C@@H](Cc1ccccc1)[C@H](C[C@@H](Cc1nccs1)NC(=O)OCc1cncs1)O[Si](C)(C)C(C)(C)C. The lowest BCUT2D eigenvalue weighted by Crippen LogP contribution is -2.55. The van der Waals surface area contributed by atoms with Crippen molar-refractivity contribution in [2.24, 2.45) is 0 Å². The number of benzene rings is 1. The van der Waals surface area contributed by atoms with Gasteiger partial charge in [0.15, 0.2) is 8.32 Å². The van der Waals surface area contributed by atoms with Crippen LogP contribution in [0.1, 0.15) is 63.4 Å². The third kappa shape index (κ3) is 12.0. The van der Waals surface area contributed by atoms with Gasteiger partial charge < -0.3 is 24.5 Å². The van der Waals surface area contributed by atoms with Gasteiger partial charge in [0, 0.05) is 30.2 Å². The second kappa shape index (κ2) is 15.3. The maximum absolute atomic E-state index is 13.2. The Morgan fingerprint density at radius 1 is 0.977 bits per heavy atom. The van der Waals surface area contributed by atoms with Crippen LogP contribution in [0.4, 0.5) is 9.59 Å². The number of nitrogens with one attached hydrogen (secondary N) is 2. The molecule has 2 amide bonds. The van der Waals surface area contributed by atoms with Crippen LogP contribution in [0.3, 0.4) is 0 Å². The summed E-state index contributed by atoms with van der Waals surface area (Å²) in [7, 11) is -2.34. The van der Waals surface area contributed by atoms with E-state index in [4.69, 9.17) is 13.9 Å². The van der Waals surface area contributed by atoms with Crippen LogP contribution in [-0.4, -0.2) is 54.3 Å². The molecular formula is C31H46N4O5S2Si. The Morgan fingerprint density at radius 2 is 1.70 bits per heavy atom. The van der Waals surface area contributed by atoms with Crippen molar-refractivity contribution in [1.82, 2.24) is 20.6 Å². The molecule has 0 fully saturated rings. The van der Waals surface area contributed by atoms with E-state index in [1.54, 1.807) is 17.9 Å². The van der Waals surface area contributed by atoms with Crippen LogP contribution >= 0.6 is 22.7 Å². The van der Waals surface area contributed by atoms with E-state index >= 15 is 0 Å². The molecule has 236 valence electrons. The van der Waals surface area contributed by atoms with E-state index in [0.717, 1.165) is 15.4 Å². The topological polar surface area (TPSA) is 112 Å². The molecule has 0 aliphatic carbocycles. The highest BCUT2D eigenvalue weighted by atomic mass is 32.1. The van der Waals surface area contributed by atoms with E-state index in [2.05, 4.69) is 54.5 Å². The van der Waals surface area contributed by atoms with Crippen LogP contribution in [0.25, 0.3) is 0 Å². The lowest BCUT2D eigenvalue weighted by molar-refractivity contribution is 0.0412. The van der Waals surface area contributed by atoms with E-state index in [-0.39, 0.29) is 17.7 Å². The van der Waals surface area contributed by atoms with Gasteiger partial charge in [0.1, 0.15) is 12.2 Å². The van der Waals surface area contributed by atoms with Gasteiger partial charge in [-0.15, -0.1) is 22.7 Å². The van der Waals surface area contributed by atoms with Crippen LogP contribution in [0.5, 0.6) is 0 Å². The number of hydrogen-bond acceptors (Lipinski definition) is 9. The molecular weight excluding hydrogens is 601 g/mol. The molecule has 12 heteroatoms. The van der Waals surface area contributed by atoms with Crippen molar-refractivity contribution < 1.29 is 23.5 Å². The van der Waals surface area contributed by atoms with Gasteiger partial charge in [-0.2, -0.15) is 0 Å². The Morgan fingerprint density at radius 3 is 2.28 bits per heavy atom. The summed E-state index contributed by atoms with van der Waals surface area (Å²) < 4.78 is 18.3. The number of thiazole rings is 2. The Hall–Kier alpha value is -2.80. The molecule has 0 saturated carbocycles. The average molecular weight is 647 g/mol. The highest BCUT2D eigenvalue weighted by molar-refractivity contribution is 7.09. The Labute approximate surface area is 264 Å². The van der Waals surface area contributed by atoms with E-state index in [0.29, 0.717) is 19.3 Å². The van der Waals surface area contributed by atoms with E-state index < -0.39 is 38.3 Å². The number of amides is 2. The van der Waals surface area contributed by atoms with Gasteiger partial charge in [-0.05, 0) is 57.3 Å². The molecule has 2 heterocycles. The van der Waals surface area contributed by atoms with Gasteiger partial charge in [-0.1, -0.05) is 51.1 Å². The summed E-state index contributed by atoms with van der Waals surface area (Å²) in [5.74, 6) is 0. The number of carbonyl (C=O) groups excluding carboxylic acids is 2. The van der Waals surface area contributed by atoms with E-state index in [9.17, 15) is 9.59 Å². The number of hydrogen-bond donors (Lipinski definition) is 2. The molecule has 43 heavy (non-hydrogen) atoms. The fourth-order valence-corrected chi connectivity index (χ4v) is 6.72. The minimum atomic E-state index is -2.34. The number of aromatic nitrogens is 2. The van der Waals surface area contributed by atoms with Crippen molar-refractivity contribution in [1.29, 1.82) is 0 Å². The van der Waals surface area contributed by atoms with Crippen LogP contribution < -0.4 is 10.6 Å². The van der Waals surface area contributed by atoms with Crippen LogP contribution in [0.15, 0.2) is 53.6 Å².